The fourth-order valence-corrected chi connectivity index (χ4v) is 2.94. The van der Waals surface area contributed by atoms with E-state index in [1.165, 1.54) is 11.0 Å². The Labute approximate surface area is 167 Å². The number of aromatic hydroxyl groups is 1. The van der Waals surface area contributed by atoms with Gasteiger partial charge in [0.05, 0.1) is 11.6 Å². The molecular weight excluding hydrogens is 374 g/mol. The van der Waals surface area contributed by atoms with Crippen LogP contribution in [0, 0.1) is 4.91 Å². The molecule has 1 aromatic heterocycles. The highest BCUT2D eigenvalue weighted by molar-refractivity contribution is 5.98. The van der Waals surface area contributed by atoms with Crippen molar-refractivity contribution in [1.29, 1.82) is 0 Å². The first kappa shape index (κ1) is 20.0. The molecule has 152 valence electrons. The van der Waals surface area contributed by atoms with Crippen molar-refractivity contribution in [2.45, 2.75) is 19.4 Å². The number of hydrogen-bond donors (Lipinski definition) is 4. The van der Waals surface area contributed by atoms with Crippen LogP contribution in [0.5, 0.6) is 5.75 Å². The van der Waals surface area contributed by atoms with Gasteiger partial charge >= 0.3 is 5.82 Å². The lowest BCUT2D eigenvalue weighted by atomic mass is 10.0. The Kier molecular flexibility index (Phi) is 5.87. The van der Waals surface area contributed by atoms with E-state index in [1.807, 2.05) is 37.3 Å². The predicted octanol–water partition coefficient (Wildman–Crippen LogP) is 3.24. The number of H-pyrrole nitrogens is 1. The topological polar surface area (TPSA) is 116 Å². The van der Waals surface area contributed by atoms with Crippen molar-refractivity contribution in [2.24, 2.45) is 0 Å². The number of aromatic amines is 1. The molecule has 0 bridgehead atoms. The number of nitrogens with one attached hydrogen (secondary N) is 3. The summed E-state index contributed by atoms with van der Waals surface area (Å²) in [6.45, 7) is 2.02. The molecule has 3 aromatic rings. The van der Waals surface area contributed by atoms with Gasteiger partial charge in [0, 0.05) is 14.1 Å². The third-order valence-electron chi connectivity index (χ3n) is 4.50. The maximum Gasteiger partial charge on any atom is 0.371 e. The fourth-order valence-electron chi connectivity index (χ4n) is 2.94. The second-order valence-electron chi connectivity index (χ2n) is 6.72. The SMILES string of the molecule is CC[C@@H](Nc1[nH]o[n+](=O)c1Nc1cccc(C(=O)N(C)C)c1O)c1ccccc1. The summed E-state index contributed by atoms with van der Waals surface area (Å²) in [6.07, 6.45) is 0.763. The number of para-hydroxylation sites is 1. The molecule has 4 N–H and O–H groups in total. The van der Waals surface area contributed by atoms with Gasteiger partial charge < -0.3 is 15.3 Å². The minimum atomic E-state index is -0.353. The molecule has 0 aliphatic heterocycles. The van der Waals surface area contributed by atoms with Crippen LogP contribution in [0.15, 0.2) is 53.2 Å². The first-order valence-electron chi connectivity index (χ1n) is 9.19. The van der Waals surface area contributed by atoms with Crippen molar-refractivity contribution < 1.29 is 19.1 Å². The van der Waals surface area contributed by atoms with Gasteiger partial charge in [-0.1, -0.05) is 48.5 Å². The van der Waals surface area contributed by atoms with Crippen LogP contribution >= 0.6 is 0 Å². The number of carbonyl (C=O) groups excluding carboxylic acids is 1. The van der Waals surface area contributed by atoms with E-state index < -0.39 is 0 Å². The number of benzene rings is 2. The molecule has 0 fully saturated rings. The Hall–Kier alpha value is -3.75. The molecule has 1 heterocycles. The molecule has 0 saturated heterocycles. The largest absolute Gasteiger partial charge is 0.504 e. The summed E-state index contributed by atoms with van der Waals surface area (Å²) < 4.78 is 5.12. The summed E-state index contributed by atoms with van der Waals surface area (Å²) in [4.78, 5) is 25.7. The van der Waals surface area contributed by atoms with E-state index in [-0.39, 0.29) is 39.4 Å². The predicted molar refractivity (Wildman–Crippen MR) is 109 cm³/mol. The van der Waals surface area contributed by atoms with Crippen molar-refractivity contribution in [1.82, 2.24) is 10.1 Å². The van der Waals surface area contributed by atoms with Crippen LogP contribution in [-0.2, 0) is 0 Å². The second-order valence-corrected chi connectivity index (χ2v) is 6.72. The van der Waals surface area contributed by atoms with Crippen LogP contribution in [0.1, 0.15) is 35.3 Å². The molecular formula is C20H24N5O4+. The third kappa shape index (κ3) is 4.23. The molecule has 3 rings (SSSR count). The number of rotatable bonds is 7. The van der Waals surface area contributed by atoms with Gasteiger partial charge in [0.25, 0.3) is 11.7 Å². The number of nitrogens with zero attached hydrogens (tertiary/aromatic N) is 2. The lowest BCUT2D eigenvalue weighted by molar-refractivity contribution is -0.701. The zero-order chi connectivity index (χ0) is 21.0. The number of aromatic nitrogens is 2. The standard InChI is InChI=1S/C20H23N5O4/c1-4-15(13-9-6-5-7-10-13)21-18-19(25(28)29-23-18)22-16-12-8-11-14(17(16)26)20(27)24(2)3/h5-12,15,22H,4H2,1-3H3,(H2-,21,23,26,27,28)/p+1/t15-/m1/s1. The lowest BCUT2D eigenvalue weighted by Crippen LogP contribution is -2.22. The van der Waals surface area contributed by atoms with Crippen LogP contribution in [0.2, 0.25) is 0 Å². The third-order valence-corrected chi connectivity index (χ3v) is 4.50. The van der Waals surface area contributed by atoms with E-state index in [1.54, 1.807) is 26.2 Å². The Morgan fingerprint density at radius 1 is 1.21 bits per heavy atom. The molecule has 2 aromatic carbocycles. The maximum absolute atomic E-state index is 12.2. The van der Waals surface area contributed by atoms with E-state index in [9.17, 15) is 14.8 Å². The van der Waals surface area contributed by atoms with E-state index in [0.29, 0.717) is 5.82 Å². The number of phenolic OH excluding ortho intramolecular Hbond substituents is 1. The van der Waals surface area contributed by atoms with Crippen LogP contribution < -0.4 is 15.2 Å². The van der Waals surface area contributed by atoms with Crippen molar-refractivity contribution in [3.63, 3.8) is 0 Å². The van der Waals surface area contributed by atoms with Crippen molar-refractivity contribution >= 4 is 23.2 Å². The van der Waals surface area contributed by atoms with Gasteiger partial charge in [-0.2, -0.15) is 0 Å². The maximum atomic E-state index is 12.2. The van der Waals surface area contributed by atoms with Crippen molar-refractivity contribution in [3.05, 3.63) is 64.6 Å². The molecule has 29 heavy (non-hydrogen) atoms. The molecule has 0 unspecified atom stereocenters. The molecule has 0 radical (unpaired) electrons. The average Bonchev–Trinajstić information content (AvgIpc) is 3.07. The highest BCUT2D eigenvalue weighted by Gasteiger charge is 2.25. The Balaban J connectivity index is 1.90. The smallest absolute Gasteiger partial charge is 0.371 e. The van der Waals surface area contributed by atoms with Gasteiger partial charge in [-0.25, -0.2) is 0 Å². The number of anilines is 3. The molecule has 1 atom stereocenters. The number of phenols is 1. The minimum Gasteiger partial charge on any atom is -0.504 e. The fraction of sp³-hybridized carbons (Fsp3) is 0.250. The lowest BCUT2D eigenvalue weighted by Gasteiger charge is -2.16. The van der Waals surface area contributed by atoms with Crippen molar-refractivity contribution in [2.75, 3.05) is 24.7 Å². The second kappa shape index (κ2) is 8.51. The van der Waals surface area contributed by atoms with Crippen LogP contribution in [0.3, 0.4) is 0 Å². The summed E-state index contributed by atoms with van der Waals surface area (Å²) in [6, 6.07) is 14.4. The molecule has 0 aliphatic carbocycles. The molecule has 0 spiro atoms. The molecule has 0 saturated carbocycles. The summed E-state index contributed by atoms with van der Waals surface area (Å²) in [5.41, 5.74) is 1.37. The minimum absolute atomic E-state index is 0.0316. The summed E-state index contributed by atoms with van der Waals surface area (Å²) in [5, 5.41) is 19.1. The van der Waals surface area contributed by atoms with E-state index in [2.05, 4.69) is 15.8 Å². The molecule has 9 nitrogen and oxygen atoms in total. The van der Waals surface area contributed by atoms with Gasteiger partial charge in [-0.05, 0) is 29.0 Å². The summed E-state index contributed by atoms with van der Waals surface area (Å²) in [7, 11) is 3.18. The first-order valence-corrected chi connectivity index (χ1v) is 9.19. The number of carbonyl (C=O) groups is 1. The Morgan fingerprint density at radius 3 is 2.59 bits per heavy atom. The quantitative estimate of drug-likeness (QED) is 0.454. The van der Waals surface area contributed by atoms with Gasteiger partial charge in [0.15, 0.2) is 10.3 Å². The number of amides is 1. The van der Waals surface area contributed by atoms with Gasteiger partial charge in [-0.3, -0.25) is 10.1 Å². The van der Waals surface area contributed by atoms with Crippen LogP contribution in [-0.4, -0.2) is 35.2 Å². The van der Waals surface area contributed by atoms with E-state index in [0.717, 1.165) is 12.0 Å². The monoisotopic (exact) mass is 398 g/mol. The van der Waals surface area contributed by atoms with E-state index >= 15 is 0 Å². The van der Waals surface area contributed by atoms with Crippen molar-refractivity contribution in [3.8, 4) is 5.75 Å². The Morgan fingerprint density at radius 2 is 1.93 bits per heavy atom. The first-order chi connectivity index (χ1) is 13.9. The molecule has 9 heteroatoms. The summed E-state index contributed by atoms with van der Waals surface area (Å²) >= 11 is 0. The van der Waals surface area contributed by atoms with Crippen LogP contribution in [0.25, 0.3) is 0 Å². The molecule has 1 amide bonds. The number of hydrogen-bond acceptors (Lipinski definition) is 6. The van der Waals surface area contributed by atoms with Gasteiger partial charge in [-0.15, -0.1) is 4.63 Å². The van der Waals surface area contributed by atoms with Gasteiger partial charge in [0.1, 0.15) is 5.69 Å². The highest BCUT2D eigenvalue weighted by Crippen LogP contribution is 2.32. The summed E-state index contributed by atoms with van der Waals surface area (Å²) in [5.74, 6) is -0.259. The van der Waals surface area contributed by atoms with Gasteiger partial charge in [0.2, 0.25) is 0 Å². The Bertz CT molecular complexity index is 1040. The van der Waals surface area contributed by atoms with Crippen LogP contribution in [0.4, 0.5) is 17.3 Å². The van der Waals surface area contributed by atoms with E-state index in [4.69, 9.17) is 4.63 Å². The zero-order valence-electron chi connectivity index (χ0n) is 16.5. The highest BCUT2D eigenvalue weighted by atomic mass is 16.7. The average molecular weight is 398 g/mol. The zero-order valence-corrected chi connectivity index (χ0v) is 16.5. The normalized spacial score (nSPS) is 11.7. The molecule has 0 aliphatic rings.